The number of rotatable bonds is 5. The van der Waals surface area contributed by atoms with E-state index in [1.54, 1.807) is 7.11 Å². The number of methoxy groups -OCH3 is 2. The Labute approximate surface area is 105 Å². The number of nitrogen functional groups attached to an aromatic ring is 1. The molecule has 0 aliphatic heterocycles. The second-order valence-electron chi connectivity index (χ2n) is 4.07. The van der Waals surface area contributed by atoms with E-state index in [0.29, 0.717) is 5.95 Å². The van der Waals surface area contributed by atoms with E-state index in [-0.39, 0.29) is 24.1 Å². The van der Waals surface area contributed by atoms with Crippen LogP contribution >= 0.6 is 0 Å². The highest BCUT2D eigenvalue weighted by molar-refractivity contribution is 5.36. The van der Waals surface area contributed by atoms with Crippen molar-refractivity contribution in [1.82, 2.24) is 15.0 Å². The van der Waals surface area contributed by atoms with E-state index in [0.717, 1.165) is 19.3 Å². The van der Waals surface area contributed by atoms with E-state index in [2.05, 4.69) is 25.7 Å². The predicted molar refractivity (Wildman–Crippen MR) is 66.2 cm³/mol. The number of anilines is 2. The first kappa shape index (κ1) is 12.8. The molecule has 8 nitrogen and oxygen atoms in total. The van der Waals surface area contributed by atoms with Crippen molar-refractivity contribution in [3.05, 3.63) is 0 Å². The quantitative estimate of drug-likeness (QED) is 0.503. The second kappa shape index (κ2) is 5.78. The molecular weight excluding hydrogens is 236 g/mol. The van der Waals surface area contributed by atoms with Crippen LogP contribution in [0.25, 0.3) is 0 Å². The van der Waals surface area contributed by atoms with Gasteiger partial charge in [0.1, 0.15) is 0 Å². The zero-order valence-corrected chi connectivity index (χ0v) is 10.5. The SMILES string of the molecule is COc1nc(NN)nc(NC2CCCC2OC)n1. The molecule has 0 bridgehead atoms. The molecule has 2 atom stereocenters. The lowest BCUT2D eigenvalue weighted by Gasteiger charge is -2.19. The van der Waals surface area contributed by atoms with Gasteiger partial charge < -0.3 is 14.8 Å². The Hall–Kier alpha value is -1.67. The van der Waals surface area contributed by atoms with Crippen LogP contribution in [0.2, 0.25) is 0 Å². The van der Waals surface area contributed by atoms with Crippen molar-refractivity contribution in [2.24, 2.45) is 5.84 Å². The average Bonchev–Trinajstić information content (AvgIpc) is 2.85. The zero-order valence-electron chi connectivity index (χ0n) is 10.5. The number of ether oxygens (including phenoxy) is 2. The van der Waals surface area contributed by atoms with Crippen LogP contribution in [0.1, 0.15) is 19.3 Å². The normalized spacial score (nSPS) is 22.8. The number of nitrogens with two attached hydrogens (primary N) is 1. The third-order valence-electron chi connectivity index (χ3n) is 3.00. The summed E-state index contributed by atoms with van der Waals surface area (Å²) in [7, 11) is 3.21. The van der Waals surface area contributed by atoms with Crippen molar-refractivity contribution in [1.29, 1.82) is 0 Å². The summed E-state index contributed by atoms with van der Waals surface area (Å²) in [6.07, 6.45) is 3.37. The lowest BCUT2D eigenvalue weighted by molar-refractivity contribution is 0.101. The standard InChI is InChI=1S/C10H18N6O2/c1-17-7-5-3-4-6(7)12-8-13-9(16-11)15-10(14-8)18-2/h6-7H,3-5,11H2,1-2H3,(H2,12,13,14,15,16). The van der Waals surface area contributed by atoms with Crippen molar-refractivity contribution >= 4 is 11.9 Å². The number of hydrazine groups is 1. The highest BCUT2D eigenvalue weighted by Gasteiger charge is 2.27. The van der Waals surface area contributed by atoms with Crippen molar-refractivity contribution in [3.63, 3.8) is 0 Å². The average molecular weight is 254 g/mol. The summed E-state index contributed by atoms with van der Waals surface area (Å²) in [6.45, 7) is 0. The van der Waals surface area contributed by atoms with Crippen LogP contribution in [0.15, 0.2) is 0 Å². The van der Waals surface area contributed by atoms with Crippen LogP contribution < -0.4 is 21.3 Å². The molecule has 0 saturated heterocycles. The Morgan fingerprint density at radius 1 is 1.17 bits per heavy atom. The van der Waals surface area contributed by atoms with Gasteiger partial charge >= 0.3 is 6.01 Å². The monoisotopic (exact) mass is 254 g/mol. The highest BCUT2D eigenvalue weighted by atomic mass is 16.5. The molecular formula is C10H18N6O2. The van der Waals surface area contributed by atoms with Gasteiger partial charge in [-0.2, -0.15) is 15.0 Å². The summed E-state index contributed by atoms with van der Waals surface area (Å²) in [6, 6.07) is 0.417. The maximum atomic E-state index is 5.40. The van der Waals surface area contributed by atoms with Gasteiger partial charge in [0.2, 0.25) is 11.9 Å². The maximum Gasteiger partial charge on any atom is 0.322 e. The smallest absolute Gasteiger partial charge is 0.322 e. The molecule has 1 aromatic heterocycles. The Balaban J connectivity index is 2.12. The van der Waals surface area contributed by atoms with E-state index < -0.39 is 0 Å². The molecule has 2 unspecified atom stereocenters. The molecule has 4 N–H and O–H groups in total. The summed E-state index contributed by atoms with van der Waals surface area (Å²) < 4.78 is 10.4. The summed E-state index contributed by atoms with van der Waals surface area (Å²) >= 11 is 0. The van der Waals surface area contributed by atoms with Crippen molar-refractivity contribution in [3.8, 4) is 6.01 Å². The fourth-order valence-electron chi connectivity index (χ4n) is 2.12. The molecule has 0 amide bonds. The Morgan fingerprint density at radius 2 is 1.94 bits per heavy atom. The predicted octanol–water partition coefficient (Wildman–Crippen LogP) is 0.145. The first-order valence-corrected chi connectivity index (χ1v) is 5.83. The lowest BCUT2D eigenvalue weighted by atomic mass is 10.2. The summed E-state index contributed by atoms with van der Waals surface area (Å²) in [5.41, 5.74) is 2.38. The molecule has 18 heavy (non-hydrogen) atoms. The molecule has 1 saturated carbocycles. The third-order valence-corrected chi connectivity index (χ3v) is 3.00. The maximum absolute atomic E-state index is 5.40. The van der Waals surface area contributed by atoms with Gasteiger partial charge in [-0.25, -0.2) is 5.84 Å². The van der Waals surface area contributed by atoms with E-state index >= 15 is 0 Å². The van der Waals surface area contributed by atoms with Gasteiger partial charge in [0, 0.05) is 7.11 Å². The molecule has 8 heteroatoms. The molecule has 1 fully saturated rings. The molecule has 1 aromatic rings. The van der Waals surface area contributed by atoms with Crippen molar-refractivity contribution in [2.75, 3.05) is 25.0 Å². The zero-order chi connectivity index (χ0) is 13.0. The Kier molecular flexibility index (Phi) is 4.11. The van der Waals surface area contributed by atoms with Crippen molar-refractivity contribution < 1.29 is 9.47 Å². The van der Waals surface area contributed by atoms with Crippen LogP contribution in [0.5, 0.6) is 6.01 Å². The van der Waals surface area contributed by atoms with Gasteiger partial charge in [-0.15, -0.1) is 0 Å². The van der Waals surface area contributed by atoms with Crippen LogP contribution in [-0.2, 0) is 4.74 Å². The fraction of sp³-hybridized carbons (Fsp3) is 0.700. The number of hydrogen-bond acceptors (Lipinski definition) is 8. The molecule has 0 radical (unpaired) electrons. The van der Waals surface area contributed by atoms with Gasteiger partial charge in [0.25, 0.3) is 0 Å². The Morgan fingerprint density at radius 3 is 2.61 bits per heavy atom. The summed E-state index contributed by atoms with van der Waals surface area (Å²) in [5.74, 6) is 5.99. The van der Waals surface area contributed by atoms with E-state index in [1.165, 1.54) is 7.11 Å². The van der Waals surface area contributed by atoms with E-state index in [9.17, 15) is 0 Å². The number of aromatic nitrogens is 3. The van der Waals surface area contributed by atoms with Gasteiger partial charge in [0.15, 0.2) is 0 Å². The molecule has 0 aromatic carbocycles. The number of nitrogens with one attached hydrogen (secondary N) is 2. The lowest BCUT2D eigenvalue weighted by Crippen LogP contribution is -2.30. The number of hydrogen-bond donors (Lipinski definition) is 3. The second-order valence-corrected chi connectivity index (χ2v) is 4.07. The molecule has 0 spiro atoms. The molecule has 100 valence electrons. The highest BCUT2D eigenvalue weighted by Crippen LogP contribution is 2.24. The fourth-order valence-corrected chi connectivity index (χ4v) is 2.12. The molecule has 1 aliphatic rings. The minimum absolute atomic E-state index is 0.182. The molecule has 1 aliphatic carbocycles. The minimum atomic E-state index is 0.182. The van der Waals surface area contributed by atoms with Crippen LogP contribution in [0.4, 0.5) is 11.9 Å². The van der Waals surface area contributed by atoms with E-state index in [1.807, 2.05) is 0 Å². The van der Waals surface area contributed by atoms with Gasteiger partial charge in [-0.05, 0) is 19.3 Å². The van der Waals surface area contributed by atoms with E-state index in [4.69, 9.17) is 15.3 Å². The Bertz CT molecular complexity index is 380. The molecule has 1 heterocycles. The minimum Gasteiger partial charge on any atom is -0.467 e. The van der Waals surface area contributed by atoms with Crippen LogP contribution in [-0.4, -0.2) is 41.3 Å². The largest absolute Gasteiger partial charge is 0.467 e. The van der Waals surface area contributed by atoms with Crippen LogP contribution in [0.3, 0.4) is 0 Å². The van der Waals surface area contributed by atoms with Crippen molar-refractivity contribution in [2.45, 2.75) is 31.4 Å². The number of nitrogens with zero attached hydrogens (tertiary/aromatic N) is 3. The van der Waals surface area contributed by atoms with Gasteiger partial charge in [-0.1, -0.05) is 0 Å². The van der Waals surface area contributed by atoms with Gasteiger partial charge in [0.05, 0.1) is 19.3 Å². The topological polar surface area (TPSA) is 107 Å². The first-order chi connectivity index (χ1) is 8.76. The summed E-state index contributed by atoms with van der Waals surface area (Å²) in [4.78, 5) is 12.2. The third kappa shape index (κ3) is 2.77. The molecule has 2 rings (SSSR count). The first-order valence-electron chi connectivity index (χ1n) is 5.83. The summed E-state index contributed by atoms with van der Waals surface area (Å²) in [5, 5.41) is 3.23. The van der Waals surface area contributed by atoms with Crippen LogP contribution in [0, 0.1) is 0 Å². The van der Waals surface area contributed by atoms with Gasteiger partial charge in [-0.3, -0.25) is 5.43 Å².